The molecular formula is C18H26O3S. The zero-order valence-electron chi connectivity index (χ0n) is 13.9. The van der Waals surface area contributed by atoms with Crippen LogP contribution in [0.5, 0.6) is 0 Å². The first-order valence-electron chi connectivity index (χ1n) is 7.90. The molecule has 1 heterocycles. The van der Waals surface area contributed by atoms with E-state index in [1.54, 1.807) is 0 Å². The highest BCUT2D eigenvalue weighted by molar-refractivity contribution is 7.14. The number of methoxy groups -OCH3 is 1. The third-order valence-corrected chi connectivity index (χ3v) is 5.72. The van der Waals surface area contributed by atoms with Crippen LogP contribution in [0.2, 0.25) is 0 Å². The number of ether oxygens (including phenoxy) is 1. The molecule has 0 unspecified atom stereocenters. The highest BCUT2D eigenvalue weighted by atomic mass is 32.1. The van der Waals surface area contributed by atoms with Crippen molar-refractivity contribution in [1.29, 1.82) is 0 Å². The SMILES string of the molecule is COC(=O)c1sc(C(C)(C)C)cc1/C=C\[C@H]1CC[C@H](O)CC1. The van der Waals surface area contributed by atoms with Crippen LogP contribution in [0.25, 0.3) is 6.08 Å². The van der Waals surface area contributed by atoms with E-state index in [1.807, 2.05) is 0 Å². The fraction of sp³-hybridized carbons (Fsp3) is 0.611. The largest absolute Gasteiger partial charge is 0.465 e. The lowest BCUT2D eigenvalue weighted by atomic mass is 9.87. The normalized spacial score (nSPS) is 23.0. The smallest absolute Gasteiger partial charge is 0.348 e. The number of aliphatic hydroxyl groups is 1. The van der Waals surface area contributed by atoms with Crippen LogP contribution in [0.3, 0.4) is 0 Å². The fourth-order valence-corrected chi connectivity index (χ4v) is 3.81. The minimum atomic E-state index is -0.265. The van der Waals surface area contributed by atoms with E-state index in [9.17, 15) is 9.90 Å². The lowest BCUT2D eigenvalue weighted by Crippen LogP contribution is -2.16. The van der Waals surface area contributed by atoms with Gasteiger partial charge in [0.25, 0.3) is 0 Å². The molecule has 1 saturated carbocycles. The molecule has 22 heavy (non-hydrogen) atoms. The van der Waals surface area contributed by atoms with Gasteiger partial charge in [-0.05, 0) is 48.6 Å². The third kappa shape index (κ3) is 4.20. The minimum Gasteiger partial charge on any atom is -0.465 e. The summed E-state index contributed by atoms with van der Waals surface area (Å²) in [5, 5.41) is 9.57. The van der Waals surface area contributed by atoms with Crippen molar-refractivity contribution in [3.8, 4) is 0 Å². The molecule has 122 valence electrons. The Morgan fingerprint density at radius 3 is 2.50 bits per heavy atom. The molecule has 0 saturated heterocycles. The predicted octanol–water partition coefficient (Wildman–Crippen LogP) is 4.40. The molecular weight excluding hydrogens is 296 g/mol. The average Bonchev–Trinajstić information content (AvgIpc) is 2.90. The van der Waals surface area contributed by atoms with Crippen LogP contribution in [-0.4, -0.2) is 24.3 Å². The number of carbonyl (C=O) groups is 1. The monoisotopic (exact) mass is 322 g/mol. The Labute approximate surface area is 137 Å². The van der Waals surface area contributed by atoms with Crippen molar-refractivity contribution < 1.29 is 14.6 Å². The Morgan fingerprint density at radius 2 is 1.95 bits per heavy atom. The van der Waals surface area contributed by atoms with Crippen LogP contribution in [-0.2, 0) is 10.2 Å². The summed E-state index contributed by atoms with van der Waals surface area (Å²) >= 11 is 1.52. The third-order valence-electron chi connectivity index (χ3n) is 4.16. The van der Waals surface area contributed by atoms with Crippen LogP contribution in [0.4, 0.5) is 0 Å². The van der Waals surface area contributed by atoms with E-state index >= 15 is 0 Å². The second-order valence-electron chi connectivity index (χ2n) is 7.06. The molecule has 0 amide bonds. The first-order valence-corrected chi connectivity index (χ1v) is 8.72. The number of hydrogen-bond acceptors (Lipinski definition) is 4. The molecule has 4 heteroatoms. The van der Waals surface area contributed by atoms with Gasteiger partial charge in [0, 0.05) is 4.88 Å². The molecule has 0 aliphatic heterocycles. The second-order valence-corrected chi connectivity index (χ2v) is 8.12. The lowest BCUT2D eigenvalue weighted by molar-refractivity contribution is 0.0606. The molecule has 1 N–H and O–H groups in total. The Morgan fingerprint density at radius 1 is 1.32 bits per heavy atom. The summed E-state index contributed by atoms with van der Waals surface area (Å²) in [6.07, 6.45) is 7.88. The topological polar surface area (TPSA) is 46.5 Å². The van der Waals surface area contributed by atoms with Gasteiger partial charge in [0.1, 0.15) is 4.88 Å². The van der Waals surface area contributed by atoms with Gasteiger partial charge < -0.3 is 9.84 Å². The minimum absolute atomic E-state index is 0.0223. The lowest BCUT2D eigenvalue weighted by Gasteiger charge is -2.22. The Kier molecular flexibility index (Phi) is 5.45. The summed E-state index contributed by atoms with van der Waals surface area (Å²) in [5.41, 5.74) is 0.974. The molecule has 1 aliphatic rings. The summed E-state index contributed by atoms with van der Waals surface area (Å²) in [5.74, 6) is 0.228. The van der Waals surface area contributed by atoms with E-state index in [4.69, 9.17) is 4.74 Å². The molecule has 0 aromatic carbocycles. The van der Waals surface area contributed by atoms with E-state index in [0.29, 0.717) is 10.8 Å². The van der Waals surface area contributed by atoms with E-state index in [0.717, 1.165) is 31.2 Å². The Balaban J connectivity index is 2.21. The van der Waals surface area contributed by atoms with Gasteiger partial charge in [0.05, 0.1) is 13.2 Å². The standard InChI is InChI=1S/C18H26O3S/c1-18(2,3)15-11-13(16(22-15)17(20)21-4)8-5-12-6-9-14(19)10-7-12/h5,8,11-12,14,19H,6-7,9-10H2,1-4H3/b8-5-/t12-,14-. The van der Waals surface area contributed by atoms with E-state index in [2.05, 4.69) is 39.0 Å². The highest BCUT2D eigenvalue weighted by Crippen LogP contribution is 2.34. The molecule has 0 radical (unpaired) electrons. The van der Waals surface area contributed by atoms with Crippen LogP contribution in [0.1, 0.15) is 66.6 Å². The van der Waals surface area contributed by atoms with E-state index in [-0.39, 0.29) is 17.5 Å². The van der Waals surface area contributed by atoms with Crippen LogP contribution < -0.4 is 0 Å². The average molecular weight is 322 g/mol. The van der Waals surface area contributed by atoms with Crippen molar-refractivity contribution in [3.05, 3.63) is 27.5 Å². The summed E-state index contributed by atoms with van der Waals surface area (Å²) in [4.78, 5) is 13.9. The maximum atomic E-state index is 12.0. The second kappa shape index (κ2) is 6.97. The van der Waals surface area contributed by atoms with Crippen LogP contribution >= 0.6 is 11.3 Å². The number of allylic oxidation sites excluding steroid dienone is 1. The van der Waals surface area contributed by atoms with Gasteiger partial charge in [-0.25, -0.2) is 4.79 Å². The fourth-order valence-electron chi connectivity index (χ4n) is 2.68. The molecule has 3 nitrogen and oxygen atoms in total. The van der Waals surface area contributed by atoms with Crippen LogP contribution in [0, 0.1) is 5.92 Å². The molecule has 0 bridgehead atoms. The number of carbonyl (C=O) groups excluding carboxylic acids is 1. The maximum Gasteiger partial charge on any atom is 0.348 e. The first-order chi connectivity index (χ1) is 10.3. The zero-order chi connectivity index (χ0) is 16.3. The number of thiophene rings is 1. The molecule has 1 fully saturated rings. The van der Waals surface area contributed by atoms with Crippen molar-refractivity contribution in [2.75, 3.05) is 7.11 Å². The summed E-state index contributed by atoms with van der Waals surface area (Å²) in [6.45, 7) is 6.45. The highest BCUT2D eigenvalue weighted by Gasteiger charge is 2.23. The van der Waals surface area contributed by atoms with Gasteiger partial charge in [-0.3, -0.25) is 0 Å². The van der Waals surface area contributed by atoms with Gasteiger partial charge in [-0.15, -0.1) is 11.3 Å². The van der Waals surface area contributed by atoms with Crippen molar-refractivity contribution in [3.63, 3.8) is 0 Å². The Bertz CT molecular complexity index is 543. The predicted molar refractivity (Wildman–Crippen MR) is 91.4 cm³/mol. The summed E-state index contributed by atoms with van der Waals surface area (Å²) < 4.78 is 4.91. The molecule has 0 atom stereocenters. The van der Waals surface area contributed by atoms with Crippen LogP contribution in [0.15, 0.2) is 12.1 Å². The first kappa shape index (κ1) is 17.2. The molecule has 1 aromatic heterocycles. The van der Waals surface area contributed by atoms with E-state index in [1.165, 1.54) is 23.3 Å². The van der Waals surface area contributed by atoms with Gasteiger partial charge in [0.2, 0.25) is 0 Å². The van der Waals surface area contributed by atoms with Crippen molar-refractivity contribution in [1.82, 2.24) is 0 Å². The number of esters is 1. The van der Waals surface area contributed by atoms with Crippen molar-refractivity contribution >= 4 is 23.4 Å². The zero-order valence-corrected chi connectivity index (χ0v) is 14.7. The number of aliphatic hydroxyl groups excluding tert-OH is 1. The molecule has 1 aromatic rings. The quantitative estimate of drug-likeness (QED) is 0.839. The number of rotatable bonds is 3. The maximum absolute atomic E-state index is 12.0. The molecule has 0 spiro atoms. The molecule has 2 rings (SSSR count). The van der Waals surface area contributed by atoms with Gasteiger partial charge >= 0.3 is 5.97 Å². The van der Waals surface area contributed by atoms with Gasteiger partial charge in [-0.1, -0.05) is 32.9 Å². The van der Waals surface area contributed by atoms with Crippen molar-refractivity contribution in [2.24, 2.45) is 5.92 Å². The van der Waals surface area contributed by atoms with Gasteiger partial charge in [-0.2, -0.15) is 0 Å². The van der Waals surface area contributed by atoms with Crippen molar-refractivity contribution in [2.45, 2.75) is 58.0 Å². The summed E-state index contributed by atoms with van der Waals surface area (Å²) in [7, 11) is 1.43. The Hall–Kier alpha value is -1.13. The van der Waals surface area contributed by atoms with E-state index < -0.39 is 0 Å². The van der Waals surface area contributed by atoms with Gasteiger partial charge in [0.15, 0.2) is 0 Å². The molecule has 1 aliphatic carbocycles. The summed E-state index contributed by atoms with van der Waals surface area (Å²) in [6, 6.07) is 2.10. The number of hydrogen-bond donors (Lipinski definition) is 1.